The number of allylic oxidation sites excluding steroid dienone is 1. The smallest absolute Gasteiger partial charge is 0.136 e. The van der Waals surface area contributed by atoms with Crippen molar-refractivity contribution < 1.29 is 4.79 Å². The van der Waals surface area contributed by atoms with Crippen LogP contribution in [0, 0.1) is 5.92 Å². The summed E-state index contributed by atoms with van der Waals surface area (Å²) < 4.78 is 0. The predicted molar refractivity (Wildman–Crippen MR) is 38.0 cm³/mol. The van der Waals surface area contributed by atoms with E-state index in [9.17, 15) is 4.79 Å². The van der Waals surface area contributed by atoms with Crippen molar-refractivity contribution in [3.8, 4) is 0 Å². The third-order valence-corrected chi connectivity index (χ3v) is 1.35. The maximum absolute atomic E-state index is 10.1. The van der Waals surface area contributed by atoms with E-state index in [-0.39, 0.29) is 12.0 Å². The third-order valence-electron chi connectivity index (χ3n) is 1.35. The van der Waals surface area contributed by atoms with Crippen molar-refractivity contribution >= 4 is 6.29 Å². The first-order valence-electron chi connectivity index (χ1n) is 3.04. The zero-order chi connectivity index (χ0) is 7.28. The number of nitrogens with two attached hydrogens (primary N) is 1. The van der Waals surface area contributed by atoms with Crippen molar-refractivity contribution in [3.05, 3.63) is 12.7 Å². The second-order valence-electron chi connectivity index (χ2n) is 2.22. The summed E-state index contributed by atoms with van der Waals surface area (Å²) in [6.07, 6.45) is 3.35. The minimum atomic E-state index is -0.331. The van der Waals surface area contributed by atoms with E-state index >= 15 is 0 Å². The predicted octanol–water partition coefficient (Wildman–Crippen LogP) is 0.725. The van der Waals surface area contributed by atoms with Gasteiger partial charge in [0.05, 0.1) is 6.04 Å². The molecular formula is C7H13NO. The van der Waals surface area contributed by atoms with Gasteiger partial charge in [0.25, 0.3) is 0 Å². The fourth-order valence-corrected chi connectivity index (χ4v) is 0.554. The molecule has 52 valence electrons. The molecule has 0 aliphatic heterocycles. The van der Waals surface area contributed by atoms with E-state index in [1.54, 1.807) is 6.08 Å². The molecule has 0 fully saturated rings. The molecule has 0 aliphatic rings. The maximum Gasteiger partial charge on any atom is 0.136 e. The average Bonchev–Trinajstić information content (AvgIpc) is 1.87. The number of hydrogen-bond acceptors (Lipinski definition) is 2. The monoisotopic (exact) mass is 127 g/mol. The van der Waals surface area contributed by atoms with Crippen molar-refractivity contribution in [3.63, 3.8) is 0 Å². The van der Waals surface area contributed by atoms with E-state index in [2.05, 4.69) is 6.58 Å². The van der Waals surface area contributed by atoms with Gasteiger partial charge in [-0.25, -0.2) is 0 Å². The molecule has 0 aromatic carbocycles. The highest BCUT2D eigenvalue weighted by Gasteiger charge is 2.08. The van der Waals surface area contributed by atoms with Gasteiger partial charge in [-0.05, 0) is 12.3 Å². The number of aldehydes is 1. The molecule has 0 heterocycles. The van der Waals surface area contributed by atoms with Crippen molar-refractivity contribution in [2.75, 3.05) is 0 Å². The lowest BCUT2D eigenvalue weighted by Gasteiger charge is -2.10. The molecule has 2 N–H and O–H groups in total. The molecule has 0 aromatic heterocycles. The fraction of sp³-hybridized carbons (Fsp3) is 0.571. The Balaban J connectivity index is 3.56. The van der Waals surface area contributed by atoms with Crippen LogP contribution < -0.4 is 5.73 Å². The van der Waals surface area contributed by atoms with Crippen LogP contribution in [0.4, 0.5) is 0 Å². The molecule has 0 aromatic rings. The highest BCUT2D eigenvalue weighted by atomic mass is 16.1. The van der Waals surface area contributed by atoms with Gasteiger partial charge in [0.1, 0.15) is 6.29 Å². The Hall–Kier alpha value is -0.630. The second-order valence-corrected chi connectivity index (χ2v) is 2.22. The summed E-state index contributed by atoms with van der Waals surface area (Å²) in [5, 5.41) is 0. The average molecular weight is 127 g/mol. The SMILES string of the molecule is C=CC[C@H](C)C(N)C=O. The first kappa shape index (κ1) is 8.37. The lowest BCUT2D eigenvalue weighted by Crippen LogP contribution is -2.29. The molecule has 0 rings (SSSR count). The lowest BCUT2D eigenvalue weighted by atomic mass is 10.0. The molecule has 0 aliphatic carbocycles. The first-order valence-corrected chi connectivity index (χ1v) is 3.04. The van der Waals surface area contributed by atoms with Crippen LogP contribution in [0.1, 0.15) is 13.3 Å². The Morgan fingerprint density at radius 1 is 1.78 bits per heavy atom. The lowest BCUT2D eigenvalue weighted by molar-refractivity contribution is -0.109. The standard InChI is InChI=1S/C7H13NO/c1-3-4-6(2)7(8)5-9/h3,5-7H,1,4,8H2,2H3/t6-,7?/m0/s1. The number of hydrogen-bond donors (Lipinski definition) is 1. The van der Waals surface area contributed by atoms with E-state index in [4.69, 9.17) is 5.73 Å². The topological polar surface area (TPSA) is 43.1 Å². The Morgan fingerprint density at radius 2 is 2.33 bits per heavy atom. The normalized spacial score (nSPS) is 16.2. The van der Waals surface area contributed by atoms with Crippen LogP contribution in [0.15, 0.2) is 12.7 Å². The van der Waals surface area contributed by atoms with Gasteiger partial charge in [0, 0.05) is 0 Å². The van der Waals surface area contributed by atoms with Gasteiger partial charge in [-0.2, -0.15) is 0 Å². The minimum absolute atomic E-state index is 0.222. The maximum atomic E-state index is 10.1. The van der Waals surface area contributed by atoms with Crippen LogP contribution in [0.2, 0.25) is 0 Å². The Labute approximate surface area is 55.7 Å². The van der Waals surface area contributed by atoms with Crippen LogP contribution in [-0.2, 0) is 4.79 Å². The number of carbonyl (C=O) groups excluding carboxylic acids is 1. The highest BCUT2D eigenvalue weighted by Crippen LogP contribution is 2.03. The van der Waals surface area contributed by atoms with Gasteiger partial charge < -0.3 is 10.5 Å². The van der Waals surface area contributed by atoms with Crippen LogP contribution in [-0.4, -0.2) is 12.3 Å². The molecule has 0 saturated heterocycles. The quantitative estimate of drug-likeness (QED) is 0.446. The minimum Gasteiger partial charge on any atom is -0.322 e. The molecule has 0 radical (unpaired) electrons. The molecular weight excluding hydrogens is 114 g/mol. The third kappa shape index (κ3) is 3.03. The molecule has 2 atom stereocenters. The molecule has 0 amide bonds. The van der Waals surface area contributed by atoms with Crippen molar-refractivity contribution in [2.45, 2.75) is 19.4 Å². The van der Waals surface area contributed by atoms with Gasteiger partial charge in [0.2, 0.25) is 0 Å². The summed E-state index contributed by atoms with van der Waals surface area (Å²) >= 11 is 0. The number of carbonyl (C=O) groups is 1. The summed E-state index contributed by atoms with van der Waals surface area (Å²) in [7, 11) is 0. The Kier molecular flexibility index (Phi) is 3.97. The summed E-state index contributed by atoms with van der Waals surface area (Å²) in [4.78, 5) is 10.1. The van der Waals surface area contributed by atoms with Crippen LogP contribution in [0.25, 0.3) is 0 Å². The molecule has 2 heteroatoms. The van der Waals surface area contributed by atoms with Crippen LogP contribution in [0.5, 0.6) is 0 Å². The number of rotatable bonds is 4. The molecule has 0 saturated carbocycles. The van der Waals surface area contributed by atoms with E-state index in [0.717, 1.165) is 12.7 Å². The van der Waals surface area contributed by atoms with E-state index in [0.29, 0.717) is 0 Å². The van der Waals surface area contributed by atoms with E-state index < -0.39 is 0 Å². The largest absolute Gasteiger partial charge is 0.322 e. The van der Waals surface area contributed by atoms with Gasteiger partial charge >= 0.3 is 0 Å². The summed E-state index contributed by atoms with van der Waals surface area (Å²) in [6.45, 7) is 5.48. The van der Waals surface area contributed by atoms with Gasteiger partial charge in [0.15, 0.2) is 0 Å². The van der Waals surface area contributed by atoms with E-state index in [1.165, 1.54) is 0 Å². The summed E-state index contributed by atoms with van der Waals surface area (Å²) in [6, 6.07) is -0.331. The Morgan fingerprint density at radius 3 is 2.67 bits per heavy atom. The van der Waals surface area contributed by atoms with Gasteiger partial charge in [-0.1, -0.05) is 13.0 Å². The Bertz CT molecular complexity index is 101. The second kappa shape index (κ2) is 4.27. The van der Waals surface area contributed by atoms with Crippen molar-refractivity contribution in [1.29, 1.82) is 0 Å². The molecule has 9 heavy (non-hydrogen) atoms. The highest BCUT2D eigenvalue weighted by molar-refractivity contribution is 5.57. The van der Waals surface area contributed by atoms with Crippen LogP contribution in [0.3, 0.4) is 0 Å². The van der Waals surface area contributed by atoms with Gasteiger partial charge in [-0.3, -0.25) is 0 Å². The van der Waals surface area contributed by atoms with Crippen molar-refractivity contribution in [2.24, 2.45) is 11.7 Å². The fourth-order valence-electron chi connectivity index (χ4n) is 0.554. The zero-order valence-electron chi connectivity index (χ0n) is 5.71. The van der Waals surface area contributed by atoms with E-state index in [1.807, 2.05) is 6.92 Å². The molecule has 2 nitrogen and oxygen atoms in total. The molecule has 0 spiro atoms. The zero-order valence-corrected chi connectivity index (χ0v) is 5.71. The summed E-state index contributed by atoms with van der Waals surface area (Å²) in [5.41, 5.74) is 5.39. The van der Waals surface area contributed by atoms with Crippen LogP contribution >= 0.6 is 0 Å². The van der Waals surface area contributed by atoms with Crippen molar-refractivity contribution in [1.82, 2.24) is 0 Å². The first-order chi connectivity index (χ1) is 4.22. The summed E-state index contributed by atoms with van der Waals surface area (Å²) in [5.74, 6) is 0.222. The van der Waals surface area contributed by atoms with Gasteiger partial charge in [-0.15, -0.1) is 6.58 Å². The molecule has 0 bridgehead atoms. The molecule has 1 unspecified atom stereocenters.